The summed E-state index contributed by atoms with van der Waals surface area (Å²) in [5.74, 6) is -1.13. The van der Waals surface area contributed by atoms with Crippen molar-refractivity contribution in [3.8, 4) is 5.75 Å². The van der Waals surface area contributed by atoms with Gasteiger partial charge in [-0.2, -0.15) is 0 Å². The van der Waals surface area contributed by atoms with Crippen molar-refractivity contribution < 1.29 is 19.4 Å². The van der Waals surface area contributed by atoms with Gasteiger partial charge in [-0.15, -0.1) is 0 Å². The van der Waals surface area contributed by atoms with Crippen LogP contribution in [-0.2, 0) is 11.2 Å². The van der Waals surface area contributed by atoms with E-state index in [0.717, 1.165) is 16.9 Å². The van der Waals surface area contributed by atoms with Crippen LogP contribution in [0.15, 0.2) is 48.5 Å². The lowest BCUT2D eigenvalue weighted by Crippen LogP contribution is -2.34. The molecule has 0 aliphatic carbocycles. The minimum atomic E-state index is -0.932. The second kappa shape index (κ2) is 8.87. The fraction of sp³-hybridized carbons (Fsp3) is 0.300. The maximum absolute atomic E-state index is 12.1. The molecule has 0 aromatic heterocycles. The fourth-order valence-corrected chi connectivity index (χ4v) is 2.44. The van der Waals surface area contributed by atoms with E-state index in [1.807, 2.05) is 50.2 Å². The van der Waals surface area contributed by atoms with Crippen LogP contribution in [0.3, 0.4) is 0 Å². The number of carbonyl (C=O) groups is 2. The minimum Gasteiger partial charge on any atom is -0.494 e. The van der Waals surface area contributed by atoms with Gasteiger partial charge in [0.15, 0.2) is 0 Å². The monoisotopic (exact) mass is 341 g/mol. The Bertz CT molecular complexity index is 707. The number of rotatable bonds is 8. The van der Waals surface area contributed by atoms with Gasteiger partial charge in [0.1, 0.15) is 5.75 Å². The maximum Gasteiger partial charge on any atom is 0.308 e. The summed E-state index contributed by atoms with van der Waals surface area (Å²) in [6, 6.07) is 14.5. The number of carbonyl (C=O) groups excluding carboxylic acids is 1. The minimum absolute atomic E-state index is 0.0786. The molecule has 25 heavy (non-hydrogen) atoms. The highest BCUT2D eigenvalue weighted by molar-refractivity contribution is 5.94. The predicted molar refractivity (Wildman–Crippen MR) is 96.0 cm³/mol. The van der Waals surface area contributed by atoms with Crippen LogP contribution < -0.4 is 10.1 Å². The zero-order valence-electron chi connectivity index (χ0n) is 14.5. The number of ether oxygens (including phenoxy) is 1. The number of nitrogens with one attached hydrogen (secondary N) is 1. The third kappa shape index (κ3) is 5.64. The van der Waals surface area contributed by atoms with E-state index in [1.165, 1.54) is 0 Å². The molecule has 0 saturated carbocycles. The summed E-state index contributed by atoms with van der Waals surface area (Å²) in [6.45, 7) is 4.52. The Morgan fingerprint density at radius 2 is 1.72 bits per heavy atom. The Kier molecular flexibility index (Phi) is 6.57. The van der Waals surface area contributed by atoms with Crippen LogP contribution >= 0.6 is 0 Å². The molecule has 5 nitrogen and oxygen atoms in total. The van der Waals surface area contributed by atoms with Gasteiger partial charge in [-0.1, -0.05) is 29.8 Å². The highest BCUT2D eigenvalue weighted by Gasteiger charge is 2.19. The van der Waals surface area contributed by atoms with Gasteiger partial charge in [-0.05, 0) is 50.1 Å². The van der Waals surface area contributed by atoms with E-state index in [4.69, 9.17) is 4.74 Å². The average molecular weight is 341 g/mol. The zero-order chi connectivity index (χ0) is 18.2. The molecule has 1 amide bonds. The number of hydrogen-bond acceptors (Lipinski definition) is 3. The van der Waals surface area contributed by atoms with Crippen molar-refractivity contribution in [2.24, 2.45) is 5.92 Å². The topological polar surface area (TPSA) is 75.6 Å². The van der Waals surface area contributed by atoms with Crippen LogP contribution in [0.25, 0.3) is 0 Å². The fourth-order valence-electron chi connectivity index (χ4n) is 2.44. The van der Waals surface area contributed by atoms with Crippen LogP contribution in [0.1, 0.15) is 28.4 Å². The van der Waals surface area contributed by atoms with E-state index in [-0.39, 0.29) is 12.5 Å². The summed E-state index contributed by atoms with van der Waals surface area (Å²) < 4.78 is 5.38. The van der Waals surface area contributed by atoms with Gasteiger partial charge in [-0.25, -0.2) is 0 Å². The van der Waals surface area contributed by atoms with Crippen molar-refractivity contribution in [3.05, 3.63) is 65.2 Å². The number of aryl methyl sites for hydroxylation is 1. The van der Waals surface area contributed by atoms with Crippen molar-refractivity contribution in [3.63, 3.8) is 0 Å². The van der Waals surface area contributed by atoms with Crippen LogP contribution in [0, 0.1) is 12.8 Å². The van der Waals surface area contributed by atoms with Gasteiger partial charge in [0, 0.05) is 12.1 Å². The molecule has 2 rings (SSSR count). The average Bonchev–Trinajstić information content (AvgIpc) is 2.60. The SMILES string of the molecule is CCOc1ccc(CC(CNC(=O)c2ccc(C)cc2)C(=O)O)cc1. The molecule has 0 bridgehead atoms. The molecule has 2 aromatic carbocycles. The molecule has 2 N–H and O–H groups in total. The molecule has 132 valence electrons. The Labute approximate surface area is 147 Å². The third-order valence-corrected chi connectivity index (χ3v) is 3.89. The lowest BCUT2D eigenvalue weighted by molar-refractivity contribution is -0.141. The van der Waals surface area contributed by atoms with E-state index in [2.05, 4.69) is 5.32 Å². The van der Waals surface area contributed by atoms with Crippen LogP contribution in [0.2, 0.25) is 0 Å². The molecule has 0 saturated heterocycles. The molecule has 0 heterocycles. The molecule has 0 fully saturated rings. The third-order valence-electron chi connectivity index (χ3n) is 3.89. The molecule has 2 aromatic rings. The quantitative estimate of drug-likeness (QED) is 0.774. The highest BCUT2D eigenvalue weighted by atomic mass is 16.5. The normalized spacial score (nSPS) is 11.6. The molecule has 0 spiro atoms. The van der Waals surface area contributed by atoms with Crippen molar-refractivity contribution >= 4 is 11.9 Å². The molecule has 1 unspecified atom stereocenters. The number of carboxylic acids is 1. The van der Waals surface area contributed by atoms with Gasteiger partial charge in [0.2, 0.25) is 0 Å². The van der Waals surface area contributed by atoms with Gasteiger partial charge >= 0.3 is 5.97 Å². The van der Waals surface area contributed by atoms with E-state index in [0.29, 0.717) is 18.6 Å². The Hall–Kier alpha value is -2.82. The highest BCUT2D eigenvalue weighted by Crippen LogP contribution is 2.15. The van der Waals surface area contributed by atoms with Crippen molar-refractivity contribution in [1.82, 2.24) is 5.32 Å². The van der Waals surface area contributed by atoms with Gasteiger partial charge in [0.05, 0.1) is 12.5 Å². The standard InChI is InChI=1S/C20H23NO4/c1-3-25-18-10-6-15(7-11-18)12-17(20(23)24)13-21-19(22)16-8-4-14(2)5-9-16/h4-11,17H,3,12-13H2,1-2H3,(H,21,22)(H,23,24). The molecule has 1 atom stereocenters. The summed E-state index contributed by atoms with van der Waals surface area (Å²) in [5, 5.41) is 12.1. The first kappa shape index (κ1) is 18.5. The molecule has 0 radical (unpaired) electrons. The Balaban J connectivity index is 1.95. The summed E-state index contributed by atoms with van der Waals surface area (Å²) in [6.07, 6.45) is 0.343. The number of hydrogen-bond donors (Lipinski definition) is 2. The van der Waals surface area contributed by atoms with Crippen LogP contribution in [-0.4, -0.2) is 30.1 Å². The molecular formula is C20H23NO4. The van der Waals surface area contributed by atoms with Gasteiger partial charge in [0.25, 0.3) is 5.91 Å². The molecular weight excluding hydrogens is 318 g/mol. The summed E-state index contributed by atoms with van der Waals surface area (Å²) in [5.41, 5.74) is 2.48. The first-order chi connectivity index (χ1) is 12.0. The van der Waals surface area contributed by atoms with Gasteiger partial charge < -0.3 is 15.2 Å². The second-order valence-electron chi connectivity index (χ2n) is 5.89. The number of amides is 1. The number of carboxylic acid groups (broad SMARTS) is 1. The summed E-state index contributed by atoms with van der Waals surface area (Å²) in [4.78, 5) is 23.6. The second-order valence-corrected chi connectivity index (χ2v) is 5.89. The van der Waals surface area contributed by atoms with E-state index in [9.17, 15) is 14.7 Å². The van der Waals surface area contributed by atoms with Crippen LogP contribution in [0.5, 0.6) is 5.75 Å². The lowest BCUT2D eigenvalue weighted by atomic mass is 9.99. The Morgan fingerprint density at radius 3 is 2.28 bits per heavy atom. The van der Waals surface area contributed by atoms with Crippen molar-refractivity contribution in [1.29, 1.82) is 0 Å². The lowest BCUT2D eigenvalue weighted by Gasteiger charge is -2.14. The smallest absolute Gasteiger partial charge is 0.308 e. The predicted octanol–water partition coefficient (Wildman–Crippen LogP) is 3.07. The van der Waals surface area contributed by atoms with E-state index < -0.39 is 11.9 Å². The zero-order valence-corrected chi connectivity index (χ0v) is 14.5. The molecule has 5 heteroatoms. The Morgan fingerprint density at radius 1 is 1.08 bits per heavy atom. The maximum atomic E-state index is 12.1. The van der Waals surface area contributed by atoms with Crippen molar-refractivity contribution in [2.45, 2.75) is 20.3 Å². The summed E-state index contributed by atoms with van der Waals surface area (Å²) in [7, 11) is 0. The number of benzene rings is 2. The van der Waals surface area contributed by atoms with Crippen molar-refractivity contribution in [2.75, 3.05) is 13.2 Å². The van der Waals surface area contributed by atoms with E-state index in [1.54, 1.807) is 12.1 Å². The van der Waals surface area contributed by atoms with E-state index >= 15 is 0 Å². The number of aliphatic carboxylic acids is 1. The van der Waals surface area contributed by atoms with Gasteiger partial charge in [-0.3, -0.25) is 9.59 Å². The molecule has 0 aliphatic rings. The summed E-state index contributed by atoms with van der Waals surface area (Å²) >= 11 is 0. The van der Waals surface area contributed by atoms with Crippen LogP contribution in [0.4, 0.5) is 0 Å². The largest absolute Gasteiger partial charge is 0.494 e. The first-order valence-corrected chi connectivity index (χ1v) is 8.29. The first-order valence-electron chi connectivity index (χ1n) is 8.29. The molecule has 0 aliphatic heterocycles.